The Kier molecular flexibility index (Phi) is 3.46. The fourth-order valence-corrected chi connectivity index (χ4v) is 2.11. The summed E-state index contributed by atoms with van der Waals surface area (Å²) in [6.45, 7) is 0.190. The third-order valence-corrected chi connectivity index (χ3v) is 3.22. The number of non-ortho nitro benzene ring substituents is 1. The van der Waals surface area contributed by atoms with Gasteiger partial charge in [-0.15, -0.1) is 0 Å². The largest absolute Gasteiger partial charge is 0.454 e. The number of rotatable bonds is 3. The predicted molar refractivity (Wildman–Crippen MR) is 79.1 cm³/mol. The van der Waals surface area contributed by atoms with Crippen molar-refractivity contribution in [1.29, 1.82) is 5.26 Å². The van der Waals surface area contributed by atoms with E-state index in [-0.39, 0.29) is 12.5 Å². The molecule has 0 radical (unpaired) electrons. The predicted octanol–water partition coefficient (Wildman–Crippen LogP) is 3.39. The number of ether oxygens (including phenoxy) is 2. The van der Waals surface area contributed by atoms with Crippen molar-refractivity contribution < 1.29 is 14.4 Å². The second kappa shape index (κ2) is 5.58. The smallest absolute Gasteiger partial charge is 0.269 e. The minimum atomic E-state index is -0.475. The highest BCUT2D eigenvalue weighted by molar-refractivity contribution is 5.90. The van der Waals surface area contributed by atoms with Gasteiger partial charge in [-0.2, -0.15) is 5.26 Å². The Balaban J connectivity index is 1.93. The number of nitrogens with zero attached hydrogens (tertiary/aromatic N) is 2. The molecular formula is C16H10N2O4. The standard InChI is InChI=1S/C16H10N2O4/c17-9-13(12-2-4-14(5-3-12)18(19)20)7-11-1-6-15-16(8-11)22-10-21-15/h1-8H,10H2. The molecule has 3 rings (SSSR count). The van der Waals surface area contributed by atoms with Gasteiger partial charge in [-0.25, -0.2) is 0 Å². The average molecular weight is 294 g/mol. The Morgan fingerprint density at radius 2 is 1.91 bits per heavy atom. The van der Waals surface area contributed by atoms with Crippen LogP contribution in [0.3, 0.4) is 0 Å². The summed E-state index contributed by atoms with van der Waals surface area (Å²) in [6, 6.07) is 13.3. The van der Waals surface area contributed by atoms with Crippen molar-refractivity contribution in [2.75, 3.05) is 6.79 Å². The molecule has 2 aromatic rings. The van der Waals surface area contributed by atoms with Gasteiger partial charge in [0.15, 0.2) is 11.5 Å². The van der Waals surface area contributed by atoms with Crippen LogP contribution in [0.4, 0.5) is 5.69 Å². The molecule has 0 atom stereocenters. The summed E-state index contributed by atoms with van der Waals surface area (Å²) >= 11 is 0. The molecule has 1 aliphatic heterocycles. The van der Waals surface area contributed by atoms with Gasteiger partial charge in [-0.05, 0) is 41.5 Å². The van der Waals surface area contributed by atoms with Crippen LogP contribution < -0.4 is 9.47 Å². The molecular weight excluding hydrogens is 284 g/mol. The van der Waals surface area contributed by atoms with Crippen molar-refractivity contribution in [3.63, 3.8) is 0 Å². The van der Waals surface area contributed by atoms with Gasteiger partial charge in [0.2, 0.25) is 6.79 Å². The maximum absolute atomic E-state index is 10.7. The van der Waals surface area contributed by atoms with E-state index in [0.29, 0.717) is 22.6 Å². The molecule has 2 aromatic carbocycles. The average Bonchev–Trinajstić information content (AvgIpc) is 3.00. The molecule has 6 nitrogen and oxygen atoms in total. The van der Waals surface area contributed by atoms with E-state index in [1.807, 2.05) is 6.07 Å². The maximum Gasteiger partial charge on any atom is 0.269 e. The van der Waals surface area contributed by atoms with Crippen LogP contribution in [-0.4, -0.2) is 11.7 Å². The second-order valence-electron chi connectivity index (χ2n) is 4.59. The zero-order valence-corrected chi connectivity index (χ0v) is 11.4. The molecule has 0 saturated heterocycles. The van der Waals surface area contributed by atoms with Gasteiger partial charge < -0.3 is 9.47 Å². The molecule has 0 amide bonds. The molecule has 0 saturated carbocycles. The van der Waals surface area contributed by atoms with E-state index in [2.05, 4.69) is 6.07 Å². The minimum absolute atomic E-state index is 0.0101. The molecule has 108 valence electrons. The first-order valence-electron chi connectivity index (χ1n) is 6.43. The molecule has 22 heavy (non-hydrogen) atoms. The highest BCUT2D eigenvalue weighted by Gasteiger charge is 2.13. The van der Waals surface area contributed by atoms with Crippen molar-refractivity contribution in [1.82, 2.24) is 0 Å². The molecule has 6 heteroatoms. The summed E-state index contributed by atoms with van der Waals surface area (Å²) in [7, 11) is 0. The Morgan fingerprint density at radius 1 is 1.18 bits per heavy atom. The van der Waals surface area contributed by atoms with E-state index < -0.39 is 4.92 Å². The summed E-state index contributed by atoms with van der Waals surface area (Å²) in [5.41, 5.74) is 1.81. The summed E-state index contributed by atoms with van der Waals surface area (Å²) in [4.78, 5) is 10.2. The molecule has 1 heterocycles. The minimum Gasteiger partial charge on any atom is -0.454 e. The SMILES string of the molecule is N#CC(=Cc1ccc2c(c1)OCO2)c1ccc([N+](=O)[O-])cc1. The summed E-state index contributed by atoms with van der Waals surface area (Å²) < 4.78 is 10.5. The van der Waals surface area contributed by atoms with Crippen molar-refractivity contribution in [2.24, 2.45) is 0 Å². The fraction of sp³-hybridized carbons (Fsp3) is 0.0625. The van der Waals surface area contributed by atoms with Gasteiger partial charge in [0.1, 0.15) is 0 Å². The Morgan fingerprint density at radius 3 is 2.59 bits per heavy atom. The molecule has 0 aromatic heterocycles. The zero-order valence-electron chi connectivity index (χ0n) is 11.4. The Bertz CT molecular complexity index is 804. The zero-order chi connectivity index (χ0) is 15.5. The first-order chi connectivity index (χ1) is 10.7. The van der Waals surface area contributed by atoms with Crippen molar-refractivity contribution >= 4 is 17.3 Å². The van der Waals surface area contributed by atoms with E-state index in [4.69, 9.17) is 9.47 Å². The third-order valence-electron chi connectivity index (χ3n) is 3.22. The molecule has 0 unspecified atom stereocenters. The molecule has 0 N–H and O–H groups in total. The van der Waals surface area contributed by atoms with Gasteiger partial charge >= 0.3 is 0 Å². The third kappa shape index (κ3) is 2.60. The van der Waals surface area contributed by atoms with Gasteiger partial charge in [0, 0.05) is 12.1 Å². The summed E-state index contributed by atoms with van der Waals surface area (Å²) in [5, 5.41) is 20.0. The number of hydrogen-bond acceptors (Lipinski definition) is 5. The van der Waals surface area contributed by atoms with Crippen molar-refractivity contribution in [3.05, 3.63) is 63.7 Å². The number of fused-ring (bicyclic) bond motifs is 1. The van der Waals surface area contributed by atoms with E-state index in [1.54, 1.807) is 30.3 Å². The van der Waals surface area contributed by atoms with Gasteiger partial charge in [-0.1, -0.05) is 6.07 Å². The number of nitriles is 1. The van der Waals surface area contributed by atoms with Crippen LogP contribution in [0.2, 0.25) is 0 Å². The van der Waals surface area contributed by atoms with Crippen LogP contribution in [0.1, 0.15) is 11.1 Å². The van der Waals surface area contributed by atoms with Gasteiger partial charge in [0.25, 0.3) is 5.69 Å². The van der Waals surface area contributed by atoms with Gasteiger partial charge in [-0.3, -0.25) is 10.1 Å². The highest BCUT2D eigenvalue weighted by atomic mass is 16.7. The molecule has 1 aliphatic rings. The van der Waals surface area contributed by atoms with Crippen LogP contribution in [0, 0.1) is 21.4 Å². The van der Waals surface area contributed by atoms with Crippen LogP contribution in [0.25, 0.3) is 11.6 Å². The number of hydrogen-bond donors (Lipinski definition) is 0. The van der Waals surface area contributed by atoms with Crippen LogP contribution >= 0.6 is 0 Å². The lowest BCUT2D eigenvalue weighted by Gasteiger charge is -2.01. The second-order valence-corrected chi connectivity index (χ2v) is 4.59. The number of nitro groups is 1. The molecule has 0 bridgehead atoms. The molecule has 0 spiro atoms. The topological polar surface area (TPSA) is 85.4 Å². The van der Waals surface area contributed by atoms with Crippen LogP contribution in [0.15, 0.2) is 42.5 Å². The van der Waals surface area contributed by atoms with E-state index in [1.165, 1.54) is 12.1 Å². The van der Waals surface area contributed by atoms with Crippen LogP contribution in [0.5, 0.6) is 11.5 Å². The normalized spacial score (nSPS) is 12.8. The van der Waals surface area contributed by atoms with Crippen LogP contribution in [-0.2, 0) is 0 Å². The van der Waals surface area contributed by atoms with E-state index in [0.717, 1.165) is 5.56 Å². The monoisotopic (exact) mass is 294 g/mol. The van der Waals surface area contributed by atoms with E-state index in [9.17, 15) is 15.4 Å². The Labute approximate surface area is 126 Å². The molecule has 0 aliphatic carbocycles. The van der Waals surface area contributed by atoms with Gasteiger partial charge in [0.05, 0.1) is 16.6 Å². The highest BCUT2D eigenvalue weighted by Crippen LogP contribution is 2.33. The lowest BCUT2D eigenvalue weighted by atomic mass is 10.0. The number of allylic oxidation sites excluding steroid dienone is 1. The van der Waals surface area contributed by atoms with Crippen molar-refractivity contribution in [3.8, 4) is 17.6 Å². The molecule has 0 fully saturated rings. The first kappa shape index (κ1) is 13.6. The quantitative estimate of drug-likeness (QED) is 0.375. The number of nitro benzene ring substituents is 1. The lowest BCUT2D eigenvalue weighted by molar-refractivity contribution is -0.384. The fourth-order valence-electron chi connectivity index (χ4n) is 2.11. The maximum atomic E-state index is 10.7. The first-order valence-corrected chi connectivity index (χ1v) is 6.43. The summed E-state index contributed by atoms with van der Waals surface area (Å²) in [6.07, 6.45) is 1.70. The summed E-state index contributed by atoms with van der Waals surface area (Å²) in [5.74, 6) is 1.31. The lowest BCUT2D eigenvalue weighted by Crippen LogP contribution is -1.92. The van der Waals surface area contributed by atoms with E-state index >= 15 is 0 Å². The van der Waals surface area contributed by atoms with Crippen molar-refractivity contribution in [2.45, 2.75) is 0 Å². The Hall–Kier alpha value is -3.33. The number of benzene rings is 2.